The van der Waals surface area contributed by atoms with Crippen LogP contribution in [-0.4, -0.2) is 54.5 Å². The first-order valence-corrected chi connectivity index (χ1v) is 6.89. The fourth-order valence-electron chi connectivity index (χ4n) is 2.67. The smallest absolute Gasteiger partial charge is 0.292 e. The van der Waals surface area contributed by atoms with Gasteiger partial charge in [0.1, 0.15) is 5.69 Å². The molecule has 0 radical (unpaired) electrons. The molecule has 1 aromatic rings. The van der Waals surface area contributed by atoms with Crippen molar-refractivity contribution in [3.63, 3.8) is 0 Å². The van der Waals surface area contributed by atoms with Crippen molar-refractivity contribution in [1.82, 2.24) is 9.80 Å². The number of nitro groups is 1. The van der Waals surface area contributed by atoms with Crippen LogP contribution in [0.3, 0.4) is 0 Å². The number of nitro benzene ring substituents is 1. The second-order valence-electron chi connectivity index (χ2n) is 5.38. The molecule has 1 aromatic carbocycles. The van der Waals surface area contributed by atoms with Crippen molar-refractivity contribution in [2.45, 2.75) is 19.5 Å². The number of hydrogen-bond donors (Lipinski definition) is 1. The third-order valence-electron chi connectivity index (χ3n) is 4.01. The molecule has 1 N–H and O–H groups in total. The van der Waals surface area contributed by atoms with Gasteiger partial charge in [0.25, 0.3) is 5.69 Å². The third-order valence-corrected chi connectivity index (χ3v) is 4.01. The Labute approximate surface area is 119 Å². The van der Waals surface area contributed by atoms with Gasteiger partial charge in [-0.25, -0.2) is 0 Å². The molecular weight excluding hydrogens is 256 g/mol. The molecule has 1 aliphatic rings. The normalized spacial score (nSPS) is 20.9. The molecule has 1 fully saturated rings. The lowest BCUT2D eigenvalue weighted by Gasteiger charge is -2.37. The topological polar surface area (TPSA) is 61.6 Å². The number of nitrogens with one attached hydrogen (secondary N) is 1. The molecule has 2 rings (SSSR count). The summed E-state index contributed by atoms with van der Waals surface area (Å²) in [5.74, 6) is 0. The van der Waals surface area contributed by atoms with Crippen molar-refractivity contribution in [1.29, 1.82) is 0 Å². The maximum Gasteiger partial charge on any atom is 0.292 e. The summed E-state index contributed by atoms with van der Waals surface area (Å²) >= 11 is 0. The van der Waals surface area contributed by atoms with E-state index in [1.807, 2.05) is 6.07 Å². The van der Waals surface area contributed by atoms with E-state index in [1.54, 1.807) is 19.2 Å². The SMILES string of the molecule is CNc1c(CN2CCN(C)C(C)C2)cccc1[N+](=O)[O-]. The Bertz CT molecular complexity index is 492. The Morgan fingerprint density at radius 2 is 2.20 bits per heavy atom. The zero-order valence-electron chi connectivity index (χ0n) is 12.3. The molecule has 1 saturated heterocycles. The summed E-state index contributed by atoms with van der Waals surface area (Å²) in [7, 11) is 3.87. The molecule has 6 nitrogen and oxygen atoms in total. The third kappa shape index (κ3) is 3.08. The largest absolute Gasteiger partial charge is 0.382 e. The summed E-state index contributed by atoms with van der Waals surface area (Å²) in [6.07, 6.45) is 0. The van der Waals surface area contributed by atoms with E-state index in [9.17, 15) is 10.1 Å². The number of hydrogen-bond acceptors (Lipinski definition) is 5. The van der Waals surface area contributed by atoms with Gasteiger partial charge in [-0.15, -0.1) is 0 Å². The highest BCUT2D eigenvalue weighted by atomic mass is 16.6. The van der Waals surface area contributed by atoms with Crippen molar-refractivity contribution >= 4 is 11.4 Å². The highest BCUT2D eigenvalue weighted by molar-refractivity contribution is 5.66. The van der Waals surface area contributed by atoms with Gasteiger partial charge >= 0.3 is 0 Å². The van der Waals surface area contributed by atoms with E-state index in [0.29, 0.717) is 11.7 Å². The molecule has 110 valence electrons. The first kappa shape index (κ1) is 14.7. The lowest BCUT2D eigenvalue weighted by Crippen LogP contribution is -2.49. The van der Waals surface area contributed by atoms with Crippen LogP contribution in [0.4, 0.5) is 11.4 Å². The molecular formula is C14H22N4O2. The summed E-state index contributed by atoms with van der Waals surface area (Å²) in [5.41, 5.74) is 1.76. The van der Waals surface area contributed by atoms with Crippen molar-refractivity contribution < 1.29 is 4.92 Å². The van der Waals surface area contributed by atoms with Crippen LogP contribution in [0.15, 0.2) is 18.2 Å². The molecule has 1 aliphatic heterocycles. The van der Waals surface area contributed by atoms with Gasteiger partial charge in [0.05, 0.1) is 4.92 Å². The number of rotatable bonds is 4. The van der Waals surface area contributed by atoms with Crippen molar-refractivity contribution in [3.8, 4) is 0 Å². The van der Waals surface area contributed by atoms with Crippen molar-refractivity contribution in [2.75, 3.05) is 39.0 Å². The number of nitrogens with zero attached hydrogens (tertiary/aromatic N) is 3. The van der Waals surface area contributed by atoms with Crippen LogP contribution in [0.25, 0.3) is 0 Å². The van der Waals surface area contributed by atoms with Crippen LogP contribution < -0.4 is 5.32 Å². The second kappa shape index (κ2) is 6.19. The van der Waals surface area contributed by atoms with E-state index in [2.05, 4.69) is 29.1 Å². The summed E-state index contributed by atoms with van der Waals surface area (Å²) < 4.78 is 0. The summed E-state index contributed by atoms with van der Waals surface area (Å²) in [4.78, 5) is 15.4. The number of piperazine rings is 1. The summed E-state index contributed by atoms with van der Waals surface area (Å²) in [6, 6.07) is 5.78. The van der Waals surface area contributed by atoms with Gasteiger partial charge in [0.15, 0.2) is 0 Å². The predicted molar refractivity (Wildman–Crippen MR) is 80.0 cm³/mol. The number of anilines is 1. The van der Waals surface area contributed by atoms with Crippen LogP contribution in [-0.2, 0) is 6.54 Å². The Morgan fingerprint density at radius 1 is 1.45 bits per heavy atom. The van der Waals surface area contributed by atoms with E-state index in [-0.39, 0.29) is 10.6 Å². The Kier molecular flexibility index (Phi) is 4.57. The highest BCUT2D eigenvalue weighted by Gasteiger charge is 2.23. The Morgan fingerprint density at radius 3 is 2.80 bits per heavy atom. The van der Waals surface area contributed by atoms with Gasteiger partial charge < -0.3 is 10.2 Å². The maximum absolute atomic E-state index is 11.1. The lowest BCUT2D eigenvalue weighted by atomic mass is 10.1. The highest BCUT2D eigenvalue weighted by Crippen LogP contribution is 2.29. The van der Waals surface area contributed by atoms with E-state index < -0.39 is 0 Å². The van der Waals surface area contributed by atoms with Gasteiger partial charge in [0.2, 0.25) is 0 Å². The average molecular weight is 278 g/mol. The molecule has 0 bridgehead atoms. The zero-order valence-corrected chi connectivity index (χ0v) is 12.3. The van der Waals surface area contributed by atoms with Gasteiger partial charge in [-0.05, 0) is 19.5 Å². The standard InChI is InChI=1S/C14H22N4O2/c1-11-9-17(8-7-16(11)3)10-12-5-4-6-13(18(19)20)14(12)15-2/h4-6,11,15H,7-10H2,1-3H3. The number of likely N-dealkylation sites (N-methyl/N-ethyl adjacent to an activating group) is 1. The van der Waals surface area contributed by atoms with Crippen molar-refractivity contribution in [2.24, 2.45) is 0 Å². The van der Waals surface area contributed by atoms with Gasteiger partial charge in [-0.2, -0.15) is 0 Å². The Hall–Kier alpha value is -1.66. The van der Waals surface area contributed by atoms with Crippen molar-refractivity contribution in [3.05, 3.63) is 33.9 Å². The minimum atomic E-state index is -0.331. The van der Waals surface area contributed by atoms with Crippen LogP contribution in [0.5, 0.6) is 0 Å². The van der Waals surface area contributed by atoms with Crippen LogP contribution in [0.1, 0.15) is 12.5 Å². The molecule has 1 unspecified atom stereocenters. The molecule has 0 spiro atoms. The summed E-state index contributed by atoms with van der Waals surface area (Å²) in [6.45, 7) is 5.97. The monoisotopic (exact) mass is 278 g/mol. The fourth-order valence-corrected chi connectivity index (χ4v) is 2.67. The fraction of sp³-hybridized carbons (Fsp3) is 0.571. The van der Waals surface area contributed by atoms with Crippen LogP contribution in [0.2, 0.25) is 0 Å². The van der Waals surface area contributed by atoms with Crippen LogP contribution in [0, 0.1) is 10.1 Å². The first-order chi connectivity index (χ1) is 9.52. The molecule has 0 aromatic heterocycles. The minimum absolute atomic E-state index is 0.146. The van der Waals surface area contributed by atoms with Crippen LogP contribution >= 0.6 is 0 Å². The average Bonchev–Trinajstić information content (AvgIpc) is 2.42. The number of benzene rings is 1. The molecule has 0 saturated carbocycles. The lowest BCUT2D eigenvalue weighted by molar-refractivity contribution is -0.384. The van der Waals surface area contributed by atoms with E-state index in [0.717, 1.165) is 31.7 Å². The quantitative estimate of drug-likeness (QED) is 0.672. The first-order valence-electron chi connectivity index (χ1n) is 6.89. The second-order valence-corrected chi connectivity index (χ2v) is 5.38. The number of para-hydroxylation sites is 1. The van der Waals surface area contributed by atoms with Gasteiger partial charge in [-0.3, -0.25) is 15.0 Å². The molecule has 1 atom stereocenters. The van der Waals surface area contributed by atoms with E-state index in [4.69, 9.17) is 0 Å². The summed E-state index contributed by atoms with van der Waals surface area (Å²) in [5, 5.41) is 14.0. The zero-order chi connectivity index (χ0) is 14.7. The molecule has 0 aliphatic carbocycles. The minimum Gasteiger partial charge on any atom is -0.382 e. The molecule has 6 heteroatoms. The maximum atomic E-state index is 11.1. The molecule has 0 amide bonds. The molecule has 20 heavy (non-hydrogen) atoms. The van der Waals surface area contributed by atoms with E-state index >= 15 is 0 Å². The Balaban J connectivity index is 2.17. The van der Waals surface area contributed by atoms with E-state index in [1.165, 1.54) is 0 Å². The predicted octanol–water partition coefficient (Wildman–Crippen LogP) is 1.77. The van der Waals surface area contributed by atoms with Gasteiger partial charge in [-0.1, -0.05) is 12.1 Å². The molecule has 1 heterocycles. The van der Waals surface area contributed by atoms with Gasteiger partial charge in [0, 0.05) is 45.3 Å².